The number of allylic oxidation sites excluding steroid dienone is 2. The highest BCUT2D eigenvalue weighted by Crippen LogP contribution is 2.25. The molecule has 2 unspecified atom stereocenters. The van der Waals surface area contributed by atoms with Gasteiger partial charge in [0.1, 0.15) is 0 Å². The molecule has 0 aliphatic heterocycles. The Bertz CT molecular complexity index is 617. The van der Waals surface area contributed by atoms with Crippen LogP contribution in [-0.2, 0) is 9.53 Å². The van der Waals surface area contributed by atoms with E-state index < -0.39 is 5.60 Å². The second-order valence-corrected chi connectivity index (χ2v) is 7.85. The summed E-state index contributed by atoms with van der Waals surface area (Å²) in [4.78, 5) is 24.8. The predicted octanol–water partition coefficient (Wildman–Crippen LogP) is 2.98. The number of rotatable bonds is 6. The van der Waals surface area contributed by atoms with Crippen molar-refractivity contribution in [2.24, 2.45) is 0 Å². The molecular formula is C20H32N4O3S. The molecule has 3 amide bonds. The summed E-state index contributed by atoms with van der Waals surface area (Å²) in [6.45, 7) is 4.03. The maximum Gasteiger partial charge on any atom is 0.321 e. The molecule has 0 aromatic heterocycles. The molecule has 4 N–H and O–H groups in total. The topological polar surface area (TPSA) is 91.5 Å². The molecule has 28 heavy (non-hydrogen) atoms. The van der Waals surface area contributed by atoms with Crippen LogP contribution < -0.4 is 21.5 Å². The fourth-order valence-electron chi connectivity index (χ4n) is 3.56. The Morgan fingerprint density at radius 3 is 2.61 bits per heavy atom. The van der Waals surface area contributed by atoms with Gasteiger partial charge in [0.15, 0.2) is 10.7 Å². The van der Waals surface area contributed by atoms with E-state index in [-0.39, 0.29) is 29.2 Å². The second kappa shape index (κ2) is 11.2. The maximum atomic E-state index is 12.8. The van der Waals surface area contributed by atoms with Crippen LogP contribution in [0.4, 0.5) is 4.79 Å². The highest BCUT2D eigenvalue weighted by atomic mass is 32.1. The summed E-state index contributed by atoms with van der Waals surface area (Å²) in [5, 5.41) is 5.49. The molecule has 8 heteroatoms. The molecule has 1 saturated carbocycles. The van der Waals surface area contributed by atoms with E-state index in [4.69, 9.17) is 17.0 Å². The summed E-state index contributed by atoms with van der Waals surface area (Å²) in [6.07, 6.45) is 15.0. The first-order chi connectivity index (χ1) is 13.4. The van der Waals surface area contributed by atoms with Crippen LogP contribution in [0.15, 0.2) is 24.3 Å². The van der Waals surface area contributed by atoms with Gasteiger partial charge in [-0.2, -0.15) is 0 Å². The molecule has 0 aromatic rings. The molecule has 2 aliphatic rings. The quantitative estimate of drug-likeness (QED) is 0.401. The molecule has 2 atom stereocenters. The van der Waals surface area contributed by atoms with Gasteiger partial charge >= 0.3 is 6.03 Å². The molecule has 156 valence electrons. The smallest absolute Gasteiger partial charge is 0.321 e. The van der Waals surface area contributed by atoms with Crippen LogP contribution in [0.25, 0.3) is 0 Å². The van der Waals surface area contributed by atoms with Crippen molar-refractivity contribution in [2.75, 3.05) is 0 Å². The zero-order chi connectivity index (χ0) is 20.4. The molecule has 0 radical (unpaired) electrons. The van der Waals surface area contributed by atoms with Crippen LogP contribution >= 0.6 is 12.2 Å². The van der Waals surface area contributed by atoms with Gasteiger partial charge in [-0.15, -0.1) is 0 Å². The summed E-state index contributed by atoms with van der Waals surface area (Å²) in [7, 11) is 0. The van der Waals surface area contributed by atoms with Crippen LogP contribution in [0.1, 0.15) is 65.2 Å². The highest BCUT2D eigenvalue weighted by molar-refractivity contribution is 7.80. The molecule has 1 fully saturated rings. The van der Waals surface area contributed by atoms with Crippen molar-refractivity contribution in [1.82, 2.24) is 21.5 Å². The van der Waals surface area contributed by atoms with Crippen molar-refractivity contribution < 1.29 is 14.3 Å². The third-order valence-corrected chi connectivity index (χ3v) is 5.19. The fraction of sp³-hybridized carbons (Fsp3) is 0.650. The zero-order valence-electron chi connectivity index (χ0n) is 16.8. The van der Waals surface area contributed by atoms with Crippen LogP contribution in [0.3, 0.4) is 0 Å². The number of amides is 3. The number of carbonyl (C=O) groups is 2. The molecule has 0 aromatic carbocycles. The van der Waals surface area contributed by atoms with Gasteiger partial charge in [0.05, 0.1) is 6.10 Å². The Morgan fingerprint density at radius 2 is 1.96 bits per heavy atom. The summed E-state index contributed by atoms with van der Waals surface area (Å²) >= 11 is 5.11. The lowest BCUT2D eigenvalue weighted by Crippen LogP contribution is -2.58. The number of urea groups is 1. The van der Waals surface area contributed by atoms with Gasteiger partial charge in [0, 0.05) is 12.5 Å². The number of hydrogen-bond donors (Lipinski definition) is 4. The van der Waals surface area contributed by atoms with Crippen molar-refractivity contribution in [2.45, 2.75) is 83.0 Å². The van der Waals surface area contributed by atoms with Crippen molar-refractivity contribution in [1.29, 1.82) is 0 Å². The average molecular weight is 409 g/mol. The van der Waals surface area contributed by atoms with Gasteiger partial charge in [-0.3, -0.25) is 21.0 Å². The zero-order valence-corrected chi connectivity index (χ0v) is 17.6. The van der Waals surface area contributed by atoms with E-state index in [1.54, 1.807) is 12.2 Å². The number of thiocarbonyl (C=S) groups is 1. The number of nitrogens with one attached hydrogen (secondary N) is 4. The molecule has 0 spiro atoms. The van der Waals surface area contributed by atoms with Crippen molar-refractivity contribution in [3.8, 4) is 0 Å². The molecule has 2 aliphatic carbocycles. The van der Waals surface area contributed by atoms with Crippen molar-refractivity contribution >= 4 is 29.3 Å². The first-order valence-corrected chi connectivity index (χ1v) is 10.6. The lowest BCUT2D eigenvalue weighted by atomic mass is 9.93. The minimum absolute atomic E-state index is 0.0359. The maximum absolute atomic E-state index is 12.8. The summed E-state index contributed by atoms with van der Waals surface area (Å²) in [5.41, 5.74) is 4.08. The predicted molar refractivity (Wildman–Crippen MR) is 113 cm³/mol. The molecule has 7 nitrogen and oxygen atoms in total. The number of ether oxygens (including phenoxy) is 1. The summed E-state index contributed by atoms with van der Waals surface area (Å²) < 4.78 is 6.06. The van der Waals surface area contributed by atoms with E-state index in [2.05, 4.69) is 28.4 Å². The monoisotopic (exact) mass is 408 g/mol. The normalized spacial score (nSPS) is 22.9. The molecule has 0 heterocycles. The Morgan fingerprint density at radius 1 is 1.21 bits per heavy atom. The van der Waals surface area contributed by atoms with Crippen molar-refractivity contribution in [3.05, 3.63) is 24.3 Å². The third-order valence-electron chi connectivity index (χ3n) is 4.98. The summed E-state index contributed by atoms with van der Waals surface area (Å²) in [6, 6.07) is -0.177. The van der Waals surface area contributed by atoms with Crippen molar-refractivity contribution in [3.63, 3.8) is 0 Å². The Hall–Kier alpha value is -1.93. The average Bonchev–Trinajstić information content (AvgIpc) is 2.67. The molecule has 2 rings (SSSR count). The van der Waals surface area contributed by atoms with Gasteiger partial charge < -0.3 is 10.1 Å². The number of hydrogen-bond acceptors (Lipinski definition) is 4. The molecule has 0 saturated heterocycles. The van der Waals surface area contributed by atoms with Gasteiger partial charge in [-0.25, -0.2) is 4.79 Å². The Balaban J connectivity index is 1.82. The molecular weight excluding hydrogens is 376 g/mol. The van der Waals surface area contributed by atoms with E-state index in [1.807, 2.05) is 19.1 Å². The highest BCUT2D eigenvalue weighted by Gasteiger charge is 2.38. The Kier molecular flexibility index (Phi) is 8.92. The van der Waals surface area contributed by atoms with Crippen LogP contribution in [0.2, 0.25) is 0 Å². The van der Waals surface area contributed by atoms with Gasteiger partial charge in [0.25, 0.3) is 5.91 Å². The van der Waals surface area contributed by atoms with E-state index in [0.717, 1.165) is 38.5 Å². The SMILES string of the molecule is CCCC(C)OC1(C(=O)NNC(=S)NC(=O)NC2CCCCC2)C=CC=CC1. The lowest BCUT2D eigenvalue weighted by molar-refractivity contribution is -0.147. The van der Waals surface area contributed by atoms with Gasteiger partial charge in [-0.1, -0.05) is 50.8 Å². The summed E-state index contributed by atoms with van der Waals surface area (Å²) in [5.74, 6) is -0.354. The van der Waals surface area contributed by atoms with Gasteiger partial charge in [-0.05, 0) is 44.5 Å². The van der Waals surface area contributed by atoms with E-state index >= 15 is 0 Å². The first kappa shape index (κ1) is 22.4. The number of carbonyl (C=O) groups excluding carboxylic acids is 2. The second-order valence-electron chi connectivity index (χ2n) is 7.44. The van der Waals surface area contributed by atoms with E-state index in [9.17, 15) is 9.59 Å². The van der Waals surface area contributed by atoms with Crippen LogP contribution in [-0.4, -0.2) is 34.8 Å². The first-order valence-electron chi connectivity index (χ1n) is 10.2. The van der Waals surface area contributed by atoms with Crippen LogP contribution in [0.5, 0.6) is 0 Å². The van der Waals surface area contributed by atoms with E-state index in [1.165, 1.54) is 6.42 Å². The lowest BCUT2D eigenvalue weighted by Gasteiger charge is -2.33. The standard InChI is InChI=1S/C20H32N4O3S/c1-3-10-15(2)27-20(13-8-5-9-14-20)17(25)23-24-19(28)22-18(26)21-16-11-6-4-7-12-16/h5,8-9,13,15-16H,3-4,6-7,10-12,14H2,1-2H3,(H,23,25)(H3,21,22,24,26,28). The molecule has 0 bridgehead atoms. The third kappa shape index (κ3) is 6.91. The van der Waals surface area contributed by atoms with Gasteiger partial charge in [0.2, 0.25) is 0 Å². The fourth-order valence-corrected chi connectivity index (χ4v) is 3.70. The van der Waals surface area contributed by atoms with E-state index in [0.29, 0.717) is 6.42 Å². The Labute approximate surface area is 172 Å². The number of hydrazine groups is 1. The van der Waals surface area contributed by atoms with Crippen LogP contribution in [0, 0.1) is 0 Å². The largest absolute Gasteiger partial charge is 0.358 e. The minimum Gasteiger partial charge on any atom is -0.358 e. The minimum atomic E-state index is -1.09.